The van der Waals surface area contributed by atoms with E-state index in [4.69, 9.17) is 11.1 Å². The average molecular weight is 287 g/mol. The summed E-state index contributed by atoms with van der Waals surface area (Å²) in [5, 5.41) is 9.52. The fourth-order valence-electron chi connectivity index (χ4n) is 2.11. The summed E-state index contributed by atoms with van der Waals surface area (Å²) in [6, 6.07) is 12.7. The Kier molecular flexibility index (Phi) is 4.93. The van der Waals surface area contributed by atoms with Crippen molar-refractivity contribution in [1.82, 2.24) is 4.90 Å². The van der Waals surface area contributed by atoms with Crippen LogP contribution in [0.4, 0.5) is 0 Å². The fourth-order valence-corrected chi connectivity index (χ4v) is 2.94. The number of nitrogens with zero attached hydrogens (tertiary/aromatic N) is 1. The first kappa shape index (κ1) is 14.8. The molecule has 0 spiro atoms. The van der Waals surface area contributed by atoms with E-state index in [1.807, 2.05) is 35.6 Å². The van der Waals surface area contributed by atoms with E-state index >= 15 is 0 Å². The van der Waals surface area contributed by atoms with Gasteiger partial charge in [0.1, 0.15) is 5.84 Å². The maximum absolute atomic E-state index is 7.39. The summed E-state index contributed by atoms with van der Waals surface area (Å²) in [5.41, 5.74) is 7.49. The van der Waals surface area contributed by atoms with Crippen molar-refractivity contribution in [2.45, 2.75) is 25.9 Å². The lowest BCUT2D eigenvalue weighted by Gasteiger charge is -2.24. The van der Waals surface area contributed by atoms with Crippen molar-refractivity contribution in [2.75, 3.05) is 7.05 Å². The Bertz CT molecular complexity index is 546. The number of amidine groups is 1. The zero-order valence-electron chi connectivity index (χ0n) is 12.0. The molecular weight excluding hydrogens is 266 g/mol. The van der Waals surface area contributed by atoms with Crippen molar-refractivity contribution in [3.05, 3.63) is 57.8 Å². The predicted molar refractivity (Wildman–Crippen MR) is 86.4 cm³/mol. The molecule has 0 amide bonds. The summed E-state index contributed by atoms with van der Waals surface area (Å²) in [6.07, 6.45) is 1.08. The van der Waals surface area contributed by atoms with Crippen molar-refractivity contribution < 1.29 is 0 Å². The Hall–Kier alpha value is -1.65. The molecular formula is C16H21N3S. The number of nitrogens with one attached hydrogen (secondary N) is 1. The number of nitrogen functional groups attached to an aromatic ring is 1. The SMILES string of the molecule is CC(Cc1cccs1)N(C)Cc1ccc(C(=N)N)cc1. The second kappa shape index (κ2) is 6.68. The minimum Gasteiger partial charge on any atom is -0.384 e. The van der Waals surface area contributed by atoms with E-state index < -0.39 is 0 Å². The molecule has 2 rings (SSSR count). The van der Waals surface area contributed by atoms with E-state index in [-0.39, 0.29) is 5.84 Å². The van der Waals surface area contributed by atoms with Crippen LogP contribution in [-0.4, -0.2) is 23.8 Å². The van der Waals surface area contributed by atoms with Crippen molar-refractivity contribution in [1.29, 1.82) is 5.41 Å². The highest BCUT2D eigenvalue weighted by Gasteiger charge is 2.11. The van der Waals surface area contributed by atoms with Crippen LogP contribution < -0.4 is 5.73 Å². The third-order valence-electron chi connectivity index (χ3n) is 3.53. The van der Waals surface area contributed by atoms with Gasteiger partial charge in [-0.3, -0.25) is 10.3 Å². The highest BCUT2D eigenvalue weighted by molar-refractivity contribution is 7.09. The first-order chi connectivity index (χ1) is 9.56. The third-order valence-corrected chi connectivity index (χ3v) is 4.42. The van der Waals surface area contributed by atoms with Crippen LogP contribution in [0.5, 0.6) is 0 Å². The lowest BCUT2D eigenvalue weighted by atomic mass is 10.1. The molecule has 0 aliphatic carbocycles. The first-order valence-electron chi connectivity index (χ1n) is 6.72. The molecule has 2 aromatic rings. The van der Waals surface area contributed by atoms with Crippen molar-refractivity contribution >= 4 is 17.2 Å². The molecule has 1 aromatic carbocycles. The van der Waals surface area contributed by atoms with E-state index in [9.17, 15) is 0 Å². The molecule has 0 saturated heterocycles. The molecule has 0 radical (unpaired) electrons. The molecule has 1 atom stereocenters. The molecule has 106 valence electrons. The third kappa shape index (κ3) is 3.92. The van der Waals surface area contributed by atoms with Crippen LogP contribution in [0.15, 0.2) is 41.8 Å². The molecule has 0 aliphatic rings. The van der Waals surface area contributed by atoms with E-state index in [1.54, 1.807) is 0 Å². The minimum absolute atomic E-state index is 0.121. The number of nitrogens with two attached hydrogens (primary N) is 1. The van der Waals surface area contributed by atoms with Crippen molar-refractivity contribution in [3.8, 4) is 0 Å². The monoisotopic (exact) mass is 287 g/mol. The summed E-state index contributed by atoms with van der Waals surface area (Å²) in [5.74, 6) is 0.121. The van der Waals surface area contributed by atoms with Crippen molar-refractivity contribution in [2.24, 2.45) is 5.73 Å². The maximum Gasteiger partial charge on any atom is 0.122 e. The van der Waals surface area contributed by atoms with Crippen LogP contribution >= 0.6 is 11.3 Å². The van der Waals surface area contributed by atoms with E-state index in [2.05, 4.69) is 36.4 Å². The van der Waals surface area contributed by atoms with Crippen LogP contribution in [0.25, 0.3) is 0 Å². The Labute approximate surface area is 124 Å². The molecule has 4 heteroatoms. The lowest BCUT2D eigenvalue weighted by molar-refractivity contribution is 0.249. The highest BCUT2D eigenvalue weighted by atomic mass is 32.1. The summed E-state index contributed by atoms with van der Waals surface area (Å²) < 4.78 is 0. The molecule has 0 bridgehead atoms. The number of hydrogen-bond donors (Lipinski definition) is 2. The molecule has 0 saturated carbocycles. The van der Waals surface area contributed by atoms with Gasteiger partial charge in [-0.1, -0.05) is 30.3 Å². The van der Waals surface area contributed by atoms with Gasteiger partial charge in [0, 0.05) is 23.0 Å². The largest absolute Gasteiger partial charge is 0.384 e. The second-order valence-electron chi connectivity index (χ2n) is 5.16. The first-order valence-corrected chi connectivity index (χ1v) is 7.60. The van der Waals surface area contributed by atoms with Crippen LogP contribution in [0, 0.1) is 5.41 Å². The number of benzene rings is 1. The molecule has 20 heavy (non-hydrogen) atoms. The van der Waals surface area contributed by atoms with Crippen molar-refractivity contribution in [3.63, 3.8) is 0 Å². The van der Waals surface area contributed by atoms with Gasteiger partial charge >= 0.3 is 0 Å². The molecule has 3 N–H and O–H groups in total. The van der Waals surface area contributed by atoms with Crippen LogP contribution in [0.1, 0.15) is 22.9 Å². The van der Waals surface area contributed by atoms with E-state index in [0.717, 1.165) is 18.5 Å². The Balaban J connectivity index is 1.93. The zero-order valence-corrected chi connectivity index (χ0v) is 12.8. The standard InChI is InChI=1S/C16H21N3S/c1-12(10-15-4-3-9-20-15)19(2)11-13-5-7-14(8-6-13)16(17)18/h3-9,12H,10-11H2,1-2H3,(H3,17,18). The summed E-state index contributed by atoms with van der Waals surface area (Å²) >= 11 is 1.82. The maximum atomic E-state index is 7.39. The van der Waals surface area contributed by atoms with Gasteiger partial charge in [0.05, 0.1) is 0 Å². The summed E-state index contributed by atoms with van der Waals surface area (Å²) in [4.78, 5) is 3.78. The number of rotatable bonds is 6. The smallest absolute Gasteiger partial charge is 0.122 e. The molecule has 1 aromatic heterocycles. The van der Waals surface area contributed by atoms with Gasteiger partial charge in [-0.05, 0) is 37.4 Å². The van der Waals surface area contributed by atoms with Crippen LogP contribution in [0.2, 0.25) is 0 Å². The quantitative estimate of drug-likeness (QED) is 0.633. The molecule has 0 aliphatic heterocycles. The lowest BCUT2D eigenvalue weighted by Crippen LogP contribution is -2.30. The van der Waals surface area contributed by atoms with Crippen LogP contribution in [0.3, 0.4) is 0 Å². The number of hydrogen-bond acceptors (Lipinski definition) is 3. The Morgan fingerprint density at radius 2 is 2.00 bits per heavy atom. The van der Waals surface area contributed by atoms with Gasteiger partial charge < -0.3 is 5.73 Å². The topological polar surface area (TPSA) is 53.1 Å². The average Bonchev–Trinajstić information content (AvgIpc) is 2.92. The zero-order chi connectivity index (χ0) is 14.5. The molecule has 3 nitrogen and oxygen atoms in total. The fraction of sp³-hybridized carbons (Fsp3) is 0.312. The molecule has 1 unspecified atom stereocenters. The summed E-state index contributed by atoms with van der Waals surface area (Å²) in [7, 11) is 2.15. The Morgan fingerprint density at radius 3 is 2.55 bits per heavy atom. The van der Waals surface area contributed by atoms with E-state index in [0.29, 0.717) is 6.04 Å². The van der Waals surface area contributed by atoms with Gasteiger partial charge in [-0.2, -0.15) is 0 Å². The van der Waals surface area contributed by atoms with Gasteiger partial charge in [0.25, 0.3) is 0 Å². The van der Waals surface area contributed by atoms with Gasteiger partial charge in [-0.25, -0.2) is 0 Å². The van der Waals surface area contributed by atoms with E-state index in [1.165, 1.54) is 10.4 Å². The second-order valence-corrected chi connectivity index (χ2v) is 6.19. The van der Waals surface area contributed by atoms with Crippen LogP contribution in [-0.2, 0) is 13.0 Å². The van der Waals surface area contributed by atoms with Gasteiger partial charge in [-0.15, -0.1) is 11.3 Å². The normalized spacial score (nSPS) is 12.6. The number of likely N-dealkylation sites (N-methyl/N-ethyl adjacent to an activating group) is 1. The minimum atomic E-state index is 0.121. The molecule has 1 heterocycles. The van der Waals surface area contributed by atoms with Gasteiger partial charge in [0.15, 0.2) is 0 Å². The Morgan fingerprint density at radius 1 is 1.30 bits per heavy atom. The molecule has 0 fully saturated rings. The number of thiophene rings is 1. The highest BCUT2D eigenvalue weighted by Crippen LogP contribution is 2.15. The van der Waals surface area contributed by atoms with Gasteiger partial charge in [0.2, 0.25) is 0 Å². The predicted octanol–water partition coefficient (Wildman–Crippen LogP) is 3.10. The summed E-state index contributed by atoms with van der Waals surface area (Å²) in [6.45, 7) is 3.16.